The number of furan rings is 1. The largest absolute Gasteiger partial charge is 0.458 e. The van der Waals surface area contributed by atoms with Crippen molar-refractivity contribution in [2.45, 2.75) is 12.5 Å². The summed E-state index contributed by atoms with van der Waals surface area (Å²) in [5.41, 5.74) is -0.775. The van der Waals surface area contributed by atoms with E-state index in [0.717, 1.165) is 18.5 Å². The van der Waals surface area contributed by atoms with Gasteiger partial charge in [0.2, 0.25) is 0 Å². The van der Waals surface area contributed by atoms with Gasteiger partial charge in [-0.3, -0.25) is 14.5 Å². The van der Waals surface area contributed by atoms with Gasteiger partial charge in [-0.25, -0.2) is 0 Å². The summed E-state index contributed by atoms with van der Waals surface area (Å²) in [5.74, 6) is -1.17. The first-order valence-electron chi connectivity index (χ1n) is 9.03. The van der Waals surface area contributed by atoms with Crippen LogP contribution in [0.3, 0.4) is 0 Å². The molecule has 1 fully saturated rings. The highest BCUT2D eigenvalue weighted by atomic mass is 16.5. The number of amides is 2. The molecule has 3 rings (SSSR count). The molecule has 8 nitrogen and oxygen atoms in total. The third-order valence-electron chi connectivity index (χ3n) is 4.57. The summed E-state index contributed by atoms with van der Waals surface area (Å²) in [6.45, 7) is 5.46. The van der Waals surface area contributed by atoms with Gasteiger partial charge in [0.15, 0.2) is 0 Å². The van der Waals surface area contributed by atoms with E-state index in [9.17, 15) is 14.7 Å². The predicted molar refractivity (Wildman–Crippen MR) is 99.1 cm³/mol. The number of benzene rings is 1. The number of para-hydroxylation sites is 1. The molecule has 0 saturated carbocycles. The fourth-order valence-corrected chi connectivity index (χ4v) is 2.90. The van der Waals surface area contributed by atoms with E-state index >= 15 is 0 Å². The van der Waals surface area contributed by atoms with Crippen molar-refractivity contribution in [3.8, 4) is 0 Å². The molecule has 2 amide bonds. The molecule has 2 aromatic rings. The Morgan fingerprint density at radius 1 is 1.19 bits per heavy atom. The third-order valence-corrected chi connectivity index (χ3v) is 4.57. The standard InChI is InChI=1S/C19H25N3O5/c1-19(25,16-12-14-4-2-3-5-15(14)27-16)13-21-18(24)17(23)20-6-7-22-8-10-26-11-9-22/h2-5,12,25H,6-11,13H2,1H3,(H,20,23)(H,21,24). The average molecular weight is 375 g/mol. The monoisotopic (exact) mass is 375 g/mol. The van der Waals surface area contributed by atoms with Gasteiger partial charge in [-0.15, -0.1) is 0 Å². The fraction of sp³-hybridized carbons (Fsp3) is 0.474. The van der Waals surface area contributed by atoms with Gasteiger partial charge in [-0.2, -0.15) is 0 Å². The highest BCUT2D eigenvalue weighted by Crippen LogP contribution is 2.27. The first-order valence-corrected chi connectivity index (χ1v) is 9.03. The first kappa shape index (κ1) is 19.3. The lowest BCUT2D eigenvalue weighted by Crippen LogP contribution is -2.47. The minimum absolute atomic E-state index is 0.136. The van der Waals surface area contributed by atoms with Gasteiger partial charge in [-0.1, -0.05) is 18.2 Å². The van der Waals surface area contributed by atoms with Crippen LogP contribution in [0.5, 0.6) is 0 Å². The van der Waals surface area contributed by atoms with Crippen LogP contribution in [-0.2, 0) is 19.9 Å². The molecule has 1 aliphatic rings. The number of fused-ring (bicyclic) bond motifs is 1. The third kappa shape index (κ3) is 5.06. The van der Waals surface area contributed by atoms with Crippen molar-refractivity contribution >= 4 is 22.8 Å². The maximum Gasteiger partial charge on any atom is 0.309 e. The van der Waals surface area contributed by atoms with Crippen LogP contribution >= 0.6 is 0 Å². The molecule has 0 spiro atoms. The summed E-state index contributed by atoms with van der Waals surface area (Å²) < 4.78 is 10.9. The van der Waals surface area contributed by atoms with Gasteiger partial charge in [-0.05, 0) is 19.1 Å². The zero-order valence-corrected chi connectivity index (χ0v) is 15.4. The van der Waals surface area contributed by atoms with Gasteiger partial charge in [0.05, 0.1) is 19.8 Å². The molecule has 3 N–H and O–H groups in total. The maximum absolute atomic E-state index is 12.0. The Kier molecular flexibility index (Phi) is 6.10. The van der Waals surface area contributed by atoms with Gasteiger partial charge in [0, 0.05) is 31.6 Å². The van der Waals surface area contributed by atoms with Crippen molar-refractivity contribution < 1.29 is 23.8 Å². The highest BCUT2D eigenvalue weighted by molar-refractivity contribution is 6.35. The predicted octanol–water partition coefficient (Wildman–Crippen LogP) is 0.205. The number of nitrogens with zero attached hydrogens (tertiary/aromatic N) is 1. The van der Waals surface area contributed by atoms with Crippen LogP contribution in [0.15, 0.2) is 34.7 Å². The van der Waals surface area contributed by atoms with Crippen molar-refractivity contribution in [2.75, 3.05) is 45.9 Å². The molecule has 1 aromatic heterocycles. The molecule has 1 saturated heterocycles. The smallest absolute Gasteiger partial charge is 0.309 e. The highest BCUT2D eigenvalue weighted by Gasteiger charge is 2.29. The van der Waals surface area contributed by atoms with Crippen LogP contribution in [0, 0.1) is 0 Å². The van der Waals surface area contributed by atoms with E-state index in [4.69, 9.17) is 9.15 Å². The number of nitrogens with one attached hydrogen (secondary N) is 2. The maximum atomic E-state index is 12.0. The van der Waals surface area contributed by atoms with Crippen LogP contribution in [0.2, 0.25) is 0 Å². The summed E-state index contributed by atoms with van der Waals surface area (Å²) >= 11 is 0. The summed E-state index contributed by atoms with van der Waals surface area (Å²) in [6, 6.07) is 9.12. The number of morpholine rings is 1. The van der Waals surface area contributed by atoms with Gasteiger partial charge in [0.25, 0.3) is 0 Å². The number of hydrogen-bond donors (Lipinski definition) is 3. The Morgan fingerprint density at radius 2 is 1.89 bits per heavy atom. The van der Waals surface area contributed by atoms with Crippen molar-refractivity contribution in [1.29, 1.82) is 0 Å². The lowest BCUT2D eigenvalue weighted by Gasteiger charge is -2.26. The lowest BCUT2D eigenvalue weighted by atomic mass is 10.0. The zero-order valence-electron chi connectivity index (χ0n) is 15.4. The molecule has 1 unspecified atom stereocenters. The average Bonchev–Trinajstić information content (AvgIpc) is 3.12. The number of aliphatic hydroxyl groups is 1. The number of rotatable bonds is 6. The van der Waals surface area contributed by atoms with Crippen LogP contribution in [-0.4, -0.2) is 67.8 Å². The molecule has 27 heavy (non-hydrogen) atoms. The Labute approximate surface area is 157 Å². The van der Waals surface area contributed by atoms with Crippen molar-refractivity contribution in [1.82, 2.24) is 15.5 Å². The van der Waals surface area contributed by atoms with E-state index in [1.807, 2.05) is 18.2 Å². The van der Waals surface area contributed by atoms with Crippen LogP contribution in [0.1, 0.15) is 12.7 Å². The molecular formula is C19H25N3O5. The van der Waals surface area contributed by atoms with Gasteiger partial charge >= 0.3 is 11.8 Å². The summed E-state index contributed by atoms with van der Waals surface area (Å²) in [7, 11) is 0. The molecule has 0 radical (unpaired) electrons. The molecule has 1 aliphatic heterocycles. The lowest BCUT2D eigenvalue weighted by molar-refractivity contribution is -0.139. The van der Waals surface area contributed by atoms with E-state index in [2.05, 4.69) is 15.5 Å². The second kappa shape index (κ2) is 8.51. The molecule has 1 aromatic carbocycles. The van der Waals surface area contributed by atoms with Crippen molar-refractivity contribution in [3.63, 3.8) is 0 Å². The number of carbonyl (C=O) groups is 2. The second-order valence-corrected chi connectivity index (χ2v) is 6.81. The normalized spacial score (nSPS) is 17.4. The van der Waals surface area contributed by atoms with Crippen molar-refractivity contribution in [3.05, 3.63) is 36.1 Å². The van der Waals surface area contributed by atoms with E-state index in [0.29, 0.717) is 37.6 Å². The molecule has 0 aliphatic carbocycles. The van der Waals surface area contributed by atoms with Crippen LogP contribution < -0.4 is 10.6 Å². The second-order valence-electron chi connectivity index (χ2n) is 6.81. The quantitative estimate of drug-likeness (QED) is 0.624. The minimum atomic E-state index is -1.43. The van der Waals surface area contributed by atoms with Crippen molar-refractivity contribution in [2.24, 2.45) is 0 Å². The Bertz CT molecular complexity index is 762. The van der Waals surface area contributed by atoms with Crippen LogP contribution in [0.4, 0.5) is 0 Å². The molecular weight excluding hydrogens is 350 g/mol. The Hall–Kier alpha value is -2.42. The first-order chi connectivity index (χ1) is 13.0. The fourth-order valence-electron chi connectivity index (χ4n) is 2.90. The molecule has 8 heteroatoms. The molecule has 1 atom stereocenters. The molecule has 2 heterocycles. The van der Waals surface area contributed by atoms with Gasteiger partial charge < -0.3 is 24.9 Å². The zero-order chi connectivity index (χ0) is 19.3. The summed E-state index contributed by atoms with van der Waals surface area (Å²) in [6.07, 6.45) is 0. The Morgan fingerprint density at radius 3 is 2.63 bits per heavy atom. The SMILES string of the molecule is CC(O)(CNC(=O)C(=O)NCCN1CCOCC1)c1cc2ccccc2o1. The summed E-state index contributed by atoms with van der Waals surface area (Å²) in [4.78, 5) is 26.0. The molecule has 0 bridgehead atoms. The number of hydrogen-bond acceptors (Lipinski definition) is 6. The number of carbonyl (C=O) groups excluding carboxylic acids is 2. The van der Waals surface area contributed by atoms with E-state index in [1.54, 1.807) is 12.1 Å². The number of ether oxygens (including phenoxy) is 1. The van der Waals surface area contributed by atoms with Gasteiger partial charge in [0.1, 0.15) is 16.9 Å². The summed E-state index contributed by atoms with van der Waals surface area (Å²) in [5, 5.41) is 16.5. The van der Waals surface area contributed by atoms with E-state index in [1.165, 1.54) is 6.92 Å². The van der Waals surface area contributed by atoms with E-state index in [-0.39, 0.29) is 6.54 Å². The van der Waals surface area contributed by atoms with Crippen LogP contribution in [0.25, 0.3) is 11.0 Å². The van der Waals surface area contributed by atoms with E-state index < -0.39 is 17.4 Å². The molecule has 146 valence electrons. The Balaban J connectivity index is 1.46. The topological polar surface area (TPSA) is 104 Å². The minimum Gasteiger partial charge on any atom is -0.458 e.